The molecule has 6 nitrogen and oxygen atoms in total. The number of benzene rings is 1. The molecule has 1 amide bonds. The number of unbranched alkanes of at least 4 members (excludes halogenated alkanes) is 1. The molecule has 3 rings (SSSR count). The van der Waals surface area contributed by atoms with Gasteiger partial charge in [0.1, 0.15) is 16.5 Å². The van der Waals surface area contributed by atoms with Gasteiger partial charge < -0.3 is 10.1 Å². The van der Waals surface area contributed by atoms with Crippen molar-refractivity contribution >= 4 is 27.9 Å². The highest BCUT2D eigenvalue weighted by Crippen LogP contribution is 2.26. The minimum Gasteiger partial charge on any atom is -0.494 e. The van der Waals surface area contributed by atoms with Crippen LogP contribution in [0, 0.1) is 6.92 Å². The first-order valence-corrected chi connectivity index (χ1v) is 9.71. The number of anilines is 1. The summed E-state index contributed by atoms with van der Waals surface area (Å²) in [6.07, 6.45) is 2.14. The number of nitrogens with zero attached hydrogens (tertiary/aromatic N) is 3. The van der Waals surface area contributed by atoms with Crippen LogP contribution in [-0.4, -0.2) is 27.1 Å². The molecule has 0 atom stereocenters. The summed E-state index contributed by atoms with van der Waals surface area (Å²) in [5, 5.41) is 11.4. The number of nitrogens with one attached hydrogen (secondary N) is 1. The molecule has 0 spiro atoms. The van der Waals surface area contributed by atoms with Gasteiger partial charge in [0.05, 0.1) is 6.61 Å². The van der Waals surface area contributed by atoms with Crippen LogP contribution in [0.2, 0.25) is 0 Å². The number of amides is 1. The van der Waals surface area contributed by atoms with Crippen molar-refractivity contribution in [1.29, 1.82) is 0 Å². The molecule has 7 heteroatoms. The van der Waals surface area contributed by atoms with E-state index in [4.69, 9.17) is 4.74 Å². The second-order valence-electron chi connectivity index (χ2n) is 6.53. The van der Waals surface area contributed by atoms with Crippen molar-refractivity contribution in [3.63, 3.8) is 0 Å². The molecule has 138 valence electrons. The Morgan fingerprint density at radius 1 is 1.27 bits per heavy atom. The first-order valence-electron chi connectivity index (χ1n) is 8.90. The molecule has 0 saturated heterocycles. The molecule has 26 heavy (non-hydrogen) atoms. The van der Waals surface area contributed by atoms with Crippen molar-refractivity contribution < 1.29 is 9.53 Å². The highest BCUT2D eigenvalue weighted by atomic mass is 32.1. The molecule has 2 aromatic heterocycles. The highest BCUT2D eigenvalue weighted by Gasteiger charge is 2.21. The Hall–Kier alpha value is -2.41. The molecular formula is C19H24N4O2S. The molecular weight excluding hydrogens is 348 g/mol. The largest absolute Gasteiger partial charge is 0.494 e. The minimum atomic E-state index is -0.132. The van der Waals surface area contributed by atoms with Crippen LogP contribution in [0.1, 0.15) is 60.7 Å². The summed E-state index contributed by atoms with van der Waals surface area (Å²) in [6, 6.07) is 7.46. The van der Waals surface area contributed by atoms with Crippen LogP contribution in [-0.2, 0) is 0 Å². The van der Waals surface area contributed by atoms with Gasteiger partial charge in [0, 0.05) is 17.3 Å². The molecule has 2 heterocycles. The summed E-state index contributed by atoms with van der Waals surface area (Å²) < 4.78 is 7.61. The van der Waals surface area contributed by atoms with Crippen LogP contribution in [0.5, 0.6) is 5.75 Å². The molecule has 0 aliphatic carbocycles. The van der Waals surface area contributed by atoms with Crippen molar-refractivity contribution in [2.24, 2.45) is 0 Å². The summed E-state index contributed by atoms with van der Waals surface area (Å²) in [4.78, 5) is 14.1. The topological polar surface area (TPSA) is 68.5 Å². The first kappa shape index (κ1) is 18.4. The number of hydrogen-bond donors (Lipinski definition) is 1. The van der Waals surface area contributed by atoms with E-state index in [0.717, 1.165) is 40.8 Å². The molecule has 1 aromatic carbocycles. The zero-order valence-electron chi connectivity index (χ0n) is 15.6. The second-order valence-corrected chi connectivity index (χ2v) is 7.51. The summed E-state index contributed by atoms with van der Waals surface area (Å²) in [5.74, 6) is 1.80. The van der Waals surface area contributed by atoms with Crippen LogP contribution in [0.25, 0.3) is 4.96 Å². The van der Waals surface area contributed by atoms with Gasteiger partial charge in [0.25, 0.3) is 5.91 Å². The smallest absolute Gasteiger partial charge is 0.267 e. The number of hydrogen-bond acceptors (Lipinski definition) is 5. The lowest BCUT2D eigenvalue weighted by Crippen LogP contribution is -2.12. The van der Waals surface area contributed by atoms with E-state index in [9.17, 15) is 4.79 Å². The van der Waals surface area contributed by atoms with Gasteiger partial charge in [-0.05, 0) is 37.6 Å². The SMILES string of the molecule is CCCCOc1ccc(NC(=O)c2sc3nnc(C(C)C)n3c2C)cc1. The van der Waals surface area contributed by atoms with E-state index in [1.807, 2.05) is 35.6 Å². The van der Waals surface area contributed by atoms with E-state index in [1.165, 1.54) is 11.3 Å². The number of fused-ring (bicyclic) bond motifs is 1. The van der Waals surface area contributed by atoms with Crippen molar-refractivity contribution in [3.05, 3.63) is 40.7 Å². The normalized spacial score (nSPS) is 11.3. The Bertz CT molecular complexity index is 896. The third kappa shape index (κ3) is 3.72. The lowest BCUT2D eigenvalue weighted by molar-refractivity contribution is 0.102. The number of aryl methyl sites for hydroxylation is 1. The molecule has 0 bridgehead atoms. The summed E-state index contributed by atoms with van der Waals surface area (Å²) in [5.41, 5.74) is 1.61. The molecule has 0 fully saturated rings. The number of ether oxygens (including phenoxy) is 1. The molecule has 0 aliphatic heterocycles. The zero-order valence-corrected chi connectivity index (χ0v) is 16.4. The second kappa shape index (κ2) is 7.86. The Labute approximate surface area is 157 Å². The Morgan fingerprint density at radius 2 is 2.00 bits per heavy atom. The predicted molar refractivity (Wildman–Crippen MR) is 104 cm³/mol. The molecule has 0 aliphatic rings. The van der Waals surface area contributed by atoms with E-state index in [2.05, 4.69) is 36.3 Å². The van der Waals surface area contributed by atoms with E-state index >= 15 is 0 Å². The van der Waals surface area contributed by atoms with Gasteiger partial charge >= 0.3 is 0 Å². The quantitative estimate of drug-likeness (QED) is 0.613. The summed E-state index contributed by atoms with van der Waals surface area (Å²) >= 11 is 1.36. The van der Waals surface area contributed by atoms with Crippen LogP contribution in [0.3, 0.4) is 0 Å². The maximum absolute atomic E-state index is 12.7. The van der Waals surface area contributed by atoms with Crippen LogP contribution >= 0.6 is 11.3 Å². The minimum absolute atomic E-state index is 0.132. The van der Waals surface area contributed by atoms with E-state index in [1.54, 1.807) is 0 Å². The molecule has 0 radical (unpaired) electrons. The maximum atomic E-state index is 12.7. The van der Waals surface area contributed by atoms with Gasteiger partial charge in [-0.25, -0.2) is 0 Å². The maximum Gasteiger partial charge on any atom is 0.267 e. The van der Waals surface area contributed by atoms with E-state index < -0.39 is 0 Å². The van der Waals surface area contributed by atoms with Crippen LogP contribution in [0.15, 0.2) is 24.3 Å². The Kier molecular flexibility index (Phi) is 5.56. The van der Waals surface area contributed by atoms with Gasteiger partial charge in [0.2, 0.25) is 4.96 Å². The van der Waals surface area contributed by atoms with Gasteiger partial charge in [-0.15, -0.1) is 10.2 Å². The van der Waals surface area contributed by atoms with Crippen LogP contribution in [0.4, 0.5) is 5.69 Å². The number of aromatic nitrogens is 3. The molecule has 3 aromatic rings. The van der Waals surface area contributed by atoms with Gasteiger partial charge in [-0.1, -0.05) is 38.5 Å². The fraction of sp³-hybridized carbons (Fsp3) is 0.421. The fourth-order valence-electron chi connectivity index (χ4n) is 2.67. The van der Waals surface area contributed by atoms with Crippen molar-refractivity contribution in [2.75, 3.05) is 11.9 Å². The highest BCUT2D eigenvalue weighted by molar-refractivity contribution is 7.19. The number of thiazole rings is 1. The number of rotatable bonds is 7. The Balaban J connectivity index is 1.74. The van der Waals surface area contributed by atoms with E-state index in [-0.39, 0.29) is 11.8 Å². The molecule has 0 unspecified atom stereocenters. The van der Waals surface area contributed by atoms with Gasteiger partial charge in [-0.3, -0.25) is 9.20 Å². The van der Waals surface area contributed by atoms with Crippen molar-refractivity contribution in [3.8, 4) is 5.75 Å². The monoisotopic (exact) mass is 372 g/mol. The third-order valence-corrected chi connectivity index (χ3v) is 5.25. The number of carbonyl (C=O) groups is 1. The van der Waals surface area contributed by atoms with E-state index in [0.29, 0.717) is 11.5 Å². The van der Waals surface area contributed by atoms with Crippen LogP contribution < -0.4 is 10.1 Å². The average Bonchev–Trinajstić information content (AvgIpc) is 3.17. The fourth-order valence-corrected chi connectivity index (χ4v) is 3.64. The van der Waals surface area contributed by atoms with Gasteiger partial charge in [0.15, 0.2) is 0 Å². The molecule has 1 N–H and O–H groups in total. The summed E-state index contributed by atoms with van der Waals surface area (Å²) in [6.45, 7) is 8.90. The zero-order chi connectivity index (χ0) is 18.7. The molecule has 0 saturated carbocycles. The summed E-state index contributed by atoms with van der Waals surface area (Å²) in [7, 11) is 0. The van der Waals surface area contributed by atoms with Crippen molar-refractivity contribution in [2.45, 2.75) is 46.5 Å². The predicted octanol–water partition coefficient (Wildman–Crippen LogP) is 4.65. The van der Waals surface area contributed by atoms with Crippen molar-refractivity contribution in [1.82, 2.24) is 14.6 Å². The number of carbonyl (C=O) groups excluding carboxylic acids is 1. The standard InChI is InChI=1S/C19H24N4O2S/c1-5-6-11-25-15-9-7-14(8-10-15)20-18(24)16-13(4)23-17(12(2)3)21-22-19(23)26-16/h7-10,12H,5-6,11H2,1-4H3,(H,20,24). The third-order valence-electron chi connectivity index (χ3n) is 4.12. The van der Waals surface area contributed by atoms with Gasteiger partial charge in [-0.2, -0.15) is 0 Å². The lowest BCUT2D eigenvalue weighted by atomic mass is 10.2. The average molecular weight is 372 g/mol. The lowest BCUT2D eigenvalue weighted by Gasteiger charge is -2.08. The Morgan fingerprint density at radius 3 is 2.65 bits per heavy atom. The first-order chi connectivity index (χ1) is 12.5.